The van der Waals surface area contributed by atoms with E-state index in [2.05, 4.69) is 5.32 Å². The molecule has 0 spiro atoms. The van der Waals surface area contributed by atoms with E-state index in [0.29, 0.717) is 28.1 Å². The van der Waals surface area contributed by atoms with E-state index in [1.54, 1.807) is 22.8 Å². The van der Waals surface area contributed by atoms with Crippen LogP contribution in [0.2, 0.25) is 10.0 Å². The molecule has 2 aromatic rings. The molecular formula is C21H19Cl2N3O4. The van der Waals surface area contributed by atoms with Crippen LogP contribution < -0.4 is 15.5 Å². The first-order chi connectivity index (χ1) is 14.4. The number of fused-ring (bicyclic) bond motifs is 5. The molecule has 1 aromatic carbocycles. The lowest BCUT2D eigenvalue weighted by Crippen LogP contribution is -2.73. The van der Waals surface area contributed by atoms with E-state index < -0.39 is 11.3 Å². The topological polar surface area (TPSA) is 80.6 Å². The van der Waals surface area contributed by atoms with Gasteiger partial charge < -0.3 is 19.5 Å². The number of ether oxygens (including phenoxy) is 1. The smallest absolute Gasteiger partial charge is 0.275 e. The van der Waals surface area contributed by atoms with Gasteiger partial charge in [0.25, 0.3) is 11.8 Å². The fourth-order valence-electron chi connectivity index (χ4n) is 4.81. The van der Waals surface area contributed by atoms with Crippen molar-refractivity contribution < 1.29 is 14.3 Å². The van der Waals surface area contributed by atoms with Crippen molar-refractivity contribution >= 4 is 35.0 Å². The first kappa shape index (κ1) is 19.5. The molecular weight excluding hydrogens is 429 g/mol. The Morgan fingerprint density at radius 1 is 1.23 bits per heavy atom. The van der Waals surface area contributed by atoms with Gasteiger partial charge in [-0.2, -0.15) is 0 Å². The maximum atomic E-state index is 13.0. The van der Waals surface area contributed by atoms with E-state index in [-0.39, 0.29) is 41.5 Å². The Bertz CT molecular complexity index is 1150. The maximum Gasteiger partial charge on any atom is 0.275 e. The molecule has 1 saturated carbocycles. The minimum atomic E-state index is -0.601. The Kier molecular flexibility index (Phi) is 4.56. The molecule has 3 atom stereocenters. The van der Waals surface area contributed by atoms with Crippen LogP contribution in [0.1, 0.15) is 39.3 Å². The molecule has 3 heterocycles. The summed E-state index contributed by atoms with van der Waals surface area (Å²) in [5.41, 5.74) is 0.188. The second-order valence-electron chi connectivity index (χ2n) is 7.89. The number of carbonyl (C=O) groups is 2. The van der Waals surface area contributed by atoms with Gasteiger partial charge in [-0.25, -0.2) is 0 Å². The number of methoxy groups -OCH3 is 1. The van der Waals surface area contributed by atoms with Crippen molar-refractivity contribution in [3.05, 3.63) is 61.5 Å². The highest BCUT2D eigenvalue weighted by Gasteiger charge is 2.58. The third kappa shape index (κ3) is 2.68. The van der Waals surface area contributed by atoms with Crippen LogP contribution in [0, 0.1) is 5.92 Å². The number of amides is 2. The minimum Gasteiger partial charge on any atom is -0.491 e. The minimum absolute atomic E-state index is 0.0699. The number of rotatable bonds is 4. The maximum absolute atomic E-state index is 13.0. The quantitative estimate of drug-likeness (QED) is 0.780. The molecule has 9 heteroatoms. The lowest BCUT2D eigenvalue weighted by atomic mass is 9.64. The number of piperidine rings is 1. The van der Waals surface area contributed by atoms with Gasteiger partial charge in [0, 0.05) is 31.2 Å². The number of nitrogens with zero attached hydrogens (tertiary/aromatic N) is 2. The molecule has 1 unspecified atom stereocenters. The van der Waals surface area contributed by atoms with Gasteiger partial charge in [-0.05, 0) is 24.5 Å². The van der Waals surface area contributed by atoms with Crippen molar-refractivity contribution in [2.45, 2.75) is 38.0 Å². The summed E-state index contributed by atoms with van der Waals surface area (Å²) in [6.07, 6.45) is 3.59. The number of aromatic nitrogens is 1. The largest absolute Gasteiger partial charge is 0.491 e. The van der Waals surface area contributed by atoms with Gasteiger partial charge in [0.05, 0.1) is 23.2 Å². The average Bonchev–Trinajstić information content (AvgIpc) is 2.70. The fraction of sp³-hybridized carbons (Fsp3) is 0.381. The molecule has 3 aliphatic rings. The second kappa shape index (κ2) is 7.03. The number of benzene rings is 1. The molecule has 1 saturated heterocycles. The van der Waals surface area contributed by atoms with Gasteiger partial charge in [0.2, 0.25) is 5.43 Å². The van der Waals surface area contributed by atoms with Gasteiger partial charge in [-0.15, -0.1) is 0 Å². The molecule has 1 aliphatic carbocycles. The van der Waals surface area contributed by atoms with E-state index in [9.17, 15) is 14.4 Å². The zero-order chi connectivity index (χ0) is 21.2. The highest BCUT2D eigenvalue weighted by atomic mass is 35.5. The summed E-state index contributed by atoms with van der Waals surface area (Å²) in [5, 5.41) is 3.45. The van der Waals surface area contributed by atoms with Gasteiger partial charge in [-0.1, -0.05) is 35.3 Å². The molecule has 2 aliphatic heterocycles. The van der Waals surface area contributed by atoms with Crippen LogP contribution in [0.15, 0.2) is 29.2 Å². The number of halogens is 2. The Morgan fingerprint density at radius 3 is 2.73 bits per heavy atom. The Hall–Kier alpha value is -2.51. The molecule has 5 rings (SSSR count). The van der Waals surface area contributed by atoms with Crippen LogP contribution in [0.4, 0.5) is 0 Å². The zero-order valence-corrected chi connectivity index (χ0v) is 17.7. The Morgan fingerprint density at radius 2 is 2.03 bits per heavy atom. The summed E-state index contributed by atoms with van der Waals surface area (Å²) < 4.78 is 6.98. The summed E-state index contributed by atoms with van der Waals surface area (Å²) in [5.74, 6) is -0.335. The molecule has 2 amide bonds. The first-order valence-electron chi connectivity index (χ1n) is 9.77. The van der Waals surface area contributed by atoms with E-state index in [1.165, 1.54) is 13.3 Å². The standard InChI is InChI=1S/C21H19Cl2N3O4/c1-30-19-17-21(29)26-14-6-5-11(14)15(26)9-25(17)8-12(18(19)27)20(28)24-7-10-3-2-4-13(22)16(10)23/h2-4,8,11,14-15H,5-7,9H2,1H3,(H,24,28)/t11?,14-,15-/m0/s1. The molecule has 0 radical (unpaired) electrons. The van der Waals surface area contributed by atoms with Crippen molar-refractivity contribution in [1.29, 1.82) is 0 Å². The van der Waals surface area contributed by atoms with Crippen molar-refractivity contribution in [1.82, 2.24) is 14.8 Å². The molecule has 30 heavy (non-hydrogen) atoms. The summed E-state index contributed by atoms with van der Waals surface area (Å²) in [6, 6.07) is 5.53. The molecule has 156 valence electrons. The normalized spacial score (nSPS) is 23.5. The van der Waals surface area contributed by atoms with Crippen molar-refractivity contribution in [2.75, 3.05) is 7.11 Å². The molecule has 1 aromatic heterocycles. The summed E-state index contributed by atoms with van der Waals surface area (Å²) in [7, 11) is 1.34. The highest BCUT2D eigenvalue weighted by molar-refractivity contribution is 6.42. The van der Waals surface area contributed by atoms with E-state index in [1.807, 2.05) is 4.90 Å². The number of nitrogens with one attached hydrogen (secondary N) is 1. The zero-order valence-electron chi connectivity index (χ0n) is 16.2. The van der Waals surface area contributed by atoms with Crippen molar-refractivity contribution in [3.63, 3.8) is 0 Å². The predicted octanol–water partition coefficient (Wildman–Crippen LogP) is 2.71. The van der Waals surface area contributed by atoms with E-state index >= 15 is 0 Å². The molecule has 2 fully saturated rings. The summed E-state index contributed by atoms with van der Waals surface area (Å²) in [4.78, 5) is 40.6. The predicted molar refractivity (Wildman–Crippen MR) is 111 cm³/mol. The van der Waals surface area contributed by atoms with Crippen molar-refractivity contribution in [3.8, 4) is 5.75 Å². The van der Waals surface area contributed by atoms with Gasteiger partial charge >= 0.3 is 0 Å². The summed E-state index contributed by atoms with van der Waals surface area (Å²) >= 11 is 12.2. The van der Waals surface area contributed by atoms with Gasteiger partial charge in [-0.3, -0.25) is 14.4 Å². The fourth-order valence-corrected chi connectivity index (χ4v) is 5.20. The number of hydrogen-bond donors (Lipinski definition) is 1. The van der Waals surface area contributed by atoms with Crippen LogP contribution in [0.25, 0.3) is 0 Å². The summed E-state index contributed by atoms with van der Waals surface area (Å²) in [6.45, 7) is 0.667. The van der Waals surface area contributed by atoms with Crippen molar-refractivity contribution in [2.24, 2.45) is 5.92 Å². The number of carbonyl (C=O) groups excluding carboxylic acids is 2. The van der Waals surface area contributed by atoms with Gasteiger partial charge in [0.1, 0.15) is 5.56 Å². The number of hydrogen-bond acceptors (Lipinski definition) is 4. The van der Waals surface area contributed by atoms with Crippen LogP contribution in [-0.4, -0.2) is 40.5 Å². The second-order valence-corrected chi connectivity index (χ2v) is 8.68. The lowest BCUT2D eigenvalue weighted by Gasteiger charge is -2.63. The molecule has 1 N–H and O–H groups in total. The van der Waals surface area contributed by atoms with Crippen LogP contribution in [0.5, 0.6) is 5.75 Å². The van der Waals surface area contributed by atoms with E-state index in [0.717, 1.165) is 12.8 Å². The van der Waals surface area contributed by atoms with E-state index in [4.69, 9.17) is 27.9 Å². The third-order valence-electron chi connectivity index (χ3n) is 6.48. The molecule has 0 bridgehead atoms. The highest BCUT2D eigenvalue weighted by Crippen LogP contribution is 2.50. The Labute approximate surface area is 182 Å². The third-order valence-corrected chi connectivity index (χ3v) is 7.34. The first-order valence-corrected chi connectivity index (χ1v) is 10.5. The Balaban J connectivity index is 1.46. The lowest BCUT2D eigenvalue weighted by molar-refractivity contribution is -0.106. The van der Waals surface area contributed by atoms with Gasteiger partial charge in [0.15, 0.2) is 11.4 Å². The molecule has 7 nitrogen and oxygen atoms in total. The van der Waals surface area contributed by atoms with Crippen LogP contribution >= 0.6 is 23.2 Å². The monoisotopic (exact) mass is 447 g/mol. The number of pyridine rings is 1. The average molecular weight is 448 g/mol. The van der Waals surface area contributed by atoms with Crippen LogP contribution in [0.3, 0.4) is 0 Å². The SMILES string of the molecule is COc1c2n(cc(C(=O)NCc3cccc(Cl)c3Cl)c1=O)C[C@H]1C3CC[C@@H]3N1C2=O. The van der Waals surface area contributed by atoms with Crippen LogP contribution in [-0.2, 0) is 13.1 Å².